The molecule has 0 aliphatic carbocycles. The van der Waals surface area contributed by atoms with Gasteiger partial charge in [0.25, 0.3) is 0 Å². The molecular weight excluding hydrogens is 181 g/mol. The normalized spacial score (nSPS) is 9.92. The second-order valence-electron chi connectivity index (χ2n) is 2.31. The van der Waals surface area contributed by atoms with Crippen molar-refractivity contribution in [3.8, 4) is 0 Å². The Bertz CT molecular complexity index is 239. The van der Waals surface area contributed by atoms with E-state index in [2.05, 4.69) is 9.97 Å². The Morgan fingerprint density at radius 1 is 1.50 bits per heavy atom. The van der Waals surface area contributed by atoms with Gasteiger partial charge in [0.15, 0.2) is 5.82 Å². The van der Waals surface area contributed by atoms with Crippen LogP contribution in [0.15, 0.2) is 12.4 Å². The van der Waals surface area contributed by atoms with Gasteiger partial charge in [0.05, 0.1) is 12.4 Å². The molecule has 0 N–H and O–H groups in total. The molecule has 12 heavy (non-hydrogen) atoms. The fraction of sp³-hybridized carbons (Fsp3) is 0.429. The molecule has 0 saturated carbocycles. The first kappa shape index (κ1) is 9.19. The first-order valence-corrected chi connectivity index (χ1v) is 4.02. The zero-order valence-corrected chi connectivity index (χ0v) is 7.42. The van der Waals surface area contributed by atoms with E-state index in [0.29, 0.717) is 18.4 Å². The molecule has 0 amide bonds. The number of hydrogen-bond donors (Lipinski definition) is 0. The summed E-state index contributed by atoms with van der Waals surface area (Å²) in [6.07, 6.45) is 2.26. The monoisotopic (exact) mass is 189 g/mol. The van der Waals surface area contributed by atoms with Crippen LogP contribution in [0, 0.1) is 5.82 Å². The van der Waals surface area contributed by atoms with Gasteiger partial charge in [-0.25, -0.2) is 14.4 Å². The maximum Gasteiger partial charge on any atom is 0.225 e. The van der Waals surface area contributed by atoms with Crippen LogP contribution in [0.4, 0.5) is 10.3 Å². The van der Waals surface area contributed by atoms with Gasteiger partial charge in [0, 0.05) is 19.5 Å². The van der Waals surface area contributed by atoms with Gasteiger partial charge in [0.2, 0.25) is 5.95 Å². The zero-order valence-electron chi connectivity index (χ0n) is 6.67. The predicted molar refractivity (Wildman–Crippen MR) is 46.0 cm³/mol. The third-order valence-corrected chi connectivity index (χ3v) is 1.54. The largest absolute Gasteiger partial charge is 0.343 e. The van der Waals surface area contributed by atoms with Crippen molar-refractivity contribution in [2.24, 2.45) is 0 Å². The molecule has 0 fully saturated rings. The predicted octanol–water partition coefficient (Wildman–Crippen LogP) is 1.29. The topological polar surface area (TPSA) is 29.0 Å². The molecule has 1 aromatic heterocycles. The molecule has 66 valence electrons. The number of aromatic nitrogens is 2. The summed E-state index contributed by atoms with van der Waals surface area (Å²) in [5.41, 5.74) is 0. The molecule has 1 rings (SSSR count). The van der Waals surface area contributed by atoms with Crippen molar-refractivity contribution in [2.75, 3.05) is 24.4 Å². The molecule has 1 heterocycles. The van der Waals surface area contributed by atoms with Crippen LogP contribution < -0.4 is 4.90 Å². The summed E-state index contributed by atoms with van der Waals surface area (Å²) in [6, 6.07) is 0. The van der Waals surface area contributed by atoms with Gasteiger partial charge in [-0.2, -0.15) is 0 Å². The lowest BCUT2D eigenvalue weighted by Crippen LogP contribution is -2.21. The molecule has 0 spiro atoms. The van der Waals surface area contributed by atoms with Gasteiger partial charge in [-0.3, -0.25) is 0 Å². The molecular formula is C7H9ClFN3. The van der Waals surface area contributed by atoms with Crippen molar-refractivity contribution < 1.29 is 4.39 Å². The Balaban J connectivity index is 2.68. The fourth-order valence-electron chi connectivity index (χ4n) is 0.729. The van der Waals surface area contributed by atoms with Crippen molar-refractivity contribution in [3.63, 3.8) is 0 Å². The van der Waals surface area contributed by atoms with E-state index in [-0.39, 0.29) is 0 Å². The highest BCUT2D eigenvalue weighted by atomic mass is 35.5. The smallest absolute Gasteiger partial charge is 0.225 e. The number of halogens is 2. The van der Waals surface area contributed by atoms with Gasteiger partial charge in [0.1, 0.15) is 0 Å². The Kier molecular flexibility index (Phi) is 3.22. The summed E-state index contributed by atoms with van der Waals surface area (Å²) in [5.74, 6) is 0.548. The SMILES string of the molecule is CN(CCCl)c1ncc(F)cn1. The van der Waals surface area contributed by atoms with Crippen molar-refractivity contribution in [2.45, 2.75) is 0 Å². The van der Waals surface area contributed by atoms with Crippen molar-refractivity contribution >= 4 is 17.5 Å². The van der Waals surface area contributed by atoms with Crippen LogP contribution >= 0.6 is 11.6 Å². The van der Waals surface area contributed by atoms with Crippen LogP contribution in [0.3, 0.4) is 0 Å². The van der Waals surface area contributed by atoms with Crippen LogP contribution in [0.1, 0.15) is 0 Å². The Labute approximate surface area is 75.2 Å². The molecule has 5 heteroatoms. The molecule has 0 saturated heterocycles. The number of alkyl halides is 1. The van der Waals surface area contributed by atoms with Crippen LogP contribution in [0.2, 0.25) is 0 Å². The second-order valence-corrected chi connectivity index (χ2v) is 2.69. The van der Waals surface area contributed by atoms with E-state index in [1.54, 1.807) is 11.9 Å². The summed E-state index contributed by atoms with van der Waals surface area (Å²) >= 11 is 5.51. The lowest BCUT2D eigenvalue weighted by Gasteiger charge is -2.13. The molecule has 0 aliphatic rings. The van der Waals surface area contributed by atoms with E-state index in [1.807, 2.05) is 0 Å². The molecule has 1 aromatic rings. The van der Waals surface area contributed by atoms with Gasteiger partial charge in [-0.1, -0.05) is 0 Å². The Morgan fingerprint density at radius 2 is 2.08 bits per heavy atom. The van der Waals surface area contributed by atoms with Gasteiger partial charge < -0.3 is 4.90 Å². The highest BCUT2D eigenvalue weighted by molar-refractivity contribution is 6.18. The average molecular weight is 190 g/mol. The summed E-state index contributed by atoms with van der Waals surface area (Å²) in [7, 11) is 1.80. The number of hydrogen-bond acceptors (Lipinski definition) is 3. The molecule has 0 aromatic carbocycles. The molecule has 0 radical (unpaired) electrons. The molecule has 0 unspecified atom stereocenters. The summed E-state index contributed by atoms with van der Waals surface area (Å²) in [4.78, 5) is 9.31. The minimum Gasteiger partial charge on any atom is -0.343 e. The van der Waals surface area contributed by atoms with Gasteiger partial charge in [-0.15, -0.1) is 11.6 Å². The second kappa shape index (κ2) is 4.21. The van der Waals surface area contributed by atoms with Crippen molar-refractivity contribution in [1.29, 1.82) is 0 Å². The zero-order chi connectivity index (χ0) is 8.97. The maximum atomic E-state index is 12.4. The molecule has 0 aliphatic heterocycles. The van der Waals surface area contributed by atoms with Crippen LogP contribution in [0.5, 0.6) is 0 Å². The van der Waals surface area contributed by atoms with Gasteiger partial charge in [-0.05, 0) is 0 Å². The summed E-state index contributed by atoms with van der Waals surface area (Å²) in [6.45, 7) is 0.646. The van der Waals surface area contributed by atoms with Crippen molar-refractivity contribution in [1.82, 2.24) is 9.97 Å². The number of rotatable bonds is 3. The van der Waals surface area contributed by atoms with E-state index in [1.165, 1.54) is 0 Å². The number of nitrogens with zero attached hydrogens (tertiary/aromatic N) is 3. The third-order valence-electron chi connectivity index (χ3n) is 1.37. The van der Waals surface area contributed by atoms with Crippen molar-refractivity contribution in [3.05, 3.63) is 18.2 Å². The summed E-state index contributed by atoms with van der Waals surface area (Å²) in [5, 5.41) is 0. The van der Waals surface area contributed by atoms with E-state index in [4.69, 9.17) is 11.6 Å². The molecule has 3 nitrogen and oxygen atoms in total. The van der Waals surface area contributed by atoms with E-state index in [9.17, 15) is 4.39 Å². The number of anilines is 1. The molecule has 0 atom stereocenters. The van der Waals surface area contributed by atoms with Gasteiger partial charge >= 0.3 is 0 Å². The minimum absolute atomic E-state index is 0.432. The minimum atomic E-state index is -0.432. The first-order chi connectivity index (χ1) is 5.74. The molecule has 0 bridgehead atoms. The quantitative estimate of drug-likeness (QED) is 0.671. The van der Waals surface area contributed by atoms with Crippen LogP contribution in [-0.4, -0.2) is 29.4 Å². The van der Waals surface area contributed by atoms with E-state index >= 15 is 0 Å². The van der Waals surface area contributed by atoms with E-state index < -0.39 is 5.82 Å². The lowest BCUT2D eigenvalue weighted by atomic mass is 10.6. The fourth-order valence-corrected chi connectivity index (χ4v) is 0.983. The standard InChI is InChI=1S/C7H9ClFN3/c1-12(3-2-8)7-10-4-6(9)5-11-7/h4-5H,2-3H2,1H3. The van der Waals surface area contributed by atoms with Crippen LogP contribution in [-0.2, 0) is 0 Å². The maximum absolute atomic E-state index is 12.4. The lowest BCUT2D eigenvalue weighted by molar-refractivity contribution is 0.612. The van der Waals surface area contributed by atoms with Crippen LogP contribution in [0.25, 0.3) is 0 Å². The summed E-state index contributed by atoms with van der Waals surface area (Å²) < 4.78 is 12.4. The highest BCUT2D eigenvalue weighted by Crippen LogP contribution is 2.03. The Hall–Kier alpha value is -0.900. The Morgan fingerprint density at radius 3 is 2.58 bits per heavy atom. The highest BCUT2D eigenvalue weighted by Gasteiger charge is 2.01. The first-order valence-electron chi connectivity index (χ1n) is 3.48. The average Bonchev–Trinajstić information content (AvgIpc) is 2.06. The van der Waals surface area contributed by atoms with E-state index in [0.717, 1.165) is 12.4 Å². The third kappa shape index (κ3) is 2.30.